The van der Waals surface area contributed by atoms with Gasteiger partial charge in [0.15, 0.2) is 29.1 Å². The van der Waals surface area contributed by atoms with E-state index in [9.17, 15) is 58.4 Å². The van der Waals surface area contributed by atoms with Crippen LogP contribution in [0.3, 0.4) is 0 Å². The second-order valence-corrected chi connectivity index (χ2v) is 19.9. The molecule has 18 nitrogen and oxygen atoms in total. The van der Waals surface area contributed by atoms with Crippen molar-refractivity contribution in [2.75, 3.05) is 23.8 Å². The van der Waals surface area contributed by atoms with E-state index < -0.39 is 147 Å². The number of allylic oxidation sites excluding steroid dienone is 4. The van der Waals surface area contributed by atoms with E-state index in [1.165, 1.54) is 19.1 Å². The number of alkyl halides is 3. The van der Waals surface area contributed by atoms with Crippen LogP contribution in [0.15, 0.2) is 66.3 Å². The number of aliphatic hydroxyl groups excluding tert-OH is 2. The van der Waals surface area contributed by atoms with Crippen LogP contribution in [0, 0.1) is 22.7 Å². The van der Waals surface area contributed by atoms with Gasteiger partial charge in [0.2, 0.25) is 17.7 Å². The number of amides is 3. The quantitative estimate of drug-likeness (QED) is 0.0834. The van der Waals surface area contributed by atoms with Crippen LogP contribution >= 0.6 is 23.8 Å². The number of carboxylic acids is 1. The molecule has 7 rings (SSSR count). The summed E-state index contributed by atoms with van der Waals surface area (Å²) in [6.45, 7) is 0.988. The fraction of sp³-hybridized carbons (Fsp3) is 0.511. The number of aliphatic hydroxyl groups is 2. The number of Topliss-reactive ketones (excluding diaryl/α,β-unsaturated/α-hetero) is 1. The first-order chi connectivity index (χ1) is 31.5. The lowest BCUT2D eigenvalue weighted by Crippen LogP contribution is -2.70. The zero-order chi connectivity index (χ0) is 48.9. The molecule has 22 heteroatoms. The predicted octanol–water partition coefficient (Wildman–Crippen LogP) is 3.33. The number of benzene rings is 2. The molecule has 8 N–H and O–H groups in total. The van der Waals surface area contributed by atoms with Crippen LogP contribution in [0.25, 0.3) is 0 Å². The van der Waals surface area contributed by atoms with Gasteiger partial charge in [-0.1, -0.05) is 65.3 Å². The molecule has 2 aromatic carbocycles. The number of aliphatic carboxylic acids is 1. The SMILES string of the molecule is C[C@]12C=CC(=O)C=C1[C@@H](F)C[C@H]1[C@@H]3C[C@H]4O[C@@H](c5ccc(Cc6ccc(NC(=O)[C@H](CCC(=O)O)NC(=O)CNC(=O)CBr)c(CO)c6)cc5)O[C@@]4(C(=O)COP(=O)(O)O)[C@@]3(C)C[C@H](O)[C@@]12F. The van der Waals surface area contributed by atoms with Crippen molar-refractivity contribution in [3.63, 3.8) is 0 Å². The molecule has 0 bridgehead atoms. The first-order valence-electron chi connectivity index (χ1n) is 21.5. The fourth-order valence-electron chi connectivity index (χ4n) is 11.1. The number of rotatable bonds is 17. The third-order valence-corrected chi connectivity index (χ3v) is 15.2. The van der Waals surface area contributed by atoms with Gasteiger partial charge >= 0.3 is 13.8 Å². The maximum atomic E-state index is 17.9. The Morgan fingerprint density at radius 2 is 1.73 bits per heavy atom. The number of carbonyl (C=O) groups is 6. The molecule has 0 aromatic heterocycles. The van der Waals surface area contributed by atoms with E-state index >= 15 is 8.78 Å². The Labute approximate surface area is 391 Å². The van der Waals surface area contributed by atoms with E-state index in [4.69, 9.17) is 9.47 Å². The lowest BCUT2D eigenvalue weighted by Gasteiger charge is -2.63. The third-order valence-electron chi connectivity index (χ3n) is 14.3. The van der Waals surface area contributed by atoms with E-state index in [-0.39, 0.29) is 29.4 Å². The number of halogens is 3. The van der Waals surface area contributed by atoms with Crippen LogP contribution in [0.4, 0.5) is 14.5 Å². The van der Waals surface area contributed by atoms with Gasteiger partial charge in [-0.25, -0.2) is 13.3 Å². The molecule has 11 atom stereocenters. The predicted molar refractivity (Wildman–Crippen MR) is 234 cm³/mol. The van der Waals surface area contributed by atoms with Gasteiger partial charge in [0.05, 0.1) is 30.7 Å². The Hall–Kier alpha value is -4.57. The normalized spacial score (nSPS) is 32.2. The highest BCUT2D eigenvalue weighted by molar-refractivity contribution is 9.09. The average Bonchev–Trinajstić information content (AvgIpc) is 3.78. The first kappa shape index (κ1) is 50.3. The molecule has 5 aliphatic rings. The molecule has 0 spiro atoms. The van der Waals surface area contributed by atoms with E-state index in [0.717, 1.165) is 17.7 Å². The number of fused-ring (bicyclic) bond motifs is 7. The first-order valence-corrected chi connectivity index (χ1v) is 24.1. The molecule has 4 fully saturated rings. The summed E-state index contributed by atoms with van der Waals surface area (Å²) in [6.07, 6.45) is -3.66. The highest BCUT2D eigenvalue weighted by Crippen LogP contribution is 2.72. The number of carbonyl (C=O) groups excluding carboxylic acids is 5. The Kier molecular flexibility index (Phi) is 14.3. The molecule has 67 heavy (non-hydrogen) atoms. The molecular formula is C45H51BrF2N3O15P. The molecule has 0 unspecified atom stereocenters. The Morgan fingerprint density at radius 3 is 2.39 bits per heavy atom. The molecule has 362 valence electrons. The Balaban J connectivity index is 1.09. The topological polar surface area (TPSA) is 284 Å². The van der Waals surface area contributed by atoms with Crippen molar-refractivity contribution in [1.29, 1.82) is 0 Å². The average molecular weight is 1020 g/mol. The number of ether oxygens (including phenoxy) is 2. The van der Waals surface area contributed by atoms with Crippen LogP contribution in [0.5, 0.6) is 0 Å². The maximum absolute atomic E-state index is 17.9. The van der Waals surface area contributed by atoms with Crippen LogP contribution in [-0.4, -0.2) is 115 Å². The maximum Gasteiger partial charge on any atom is 0.470 e. The largest absolute Gasteiger partial charge is 0.481 e. The molecule has 2 aromatic rings. The molecular weight excluding hydrogens is 971 g/mol. The standard InChI is InChI=1S/C45H51BrF2N3O15P/c1-42-12-11-27(53)15-30(42)31(47)16-29-28-17-36-45(35(55)22-64-67(61,62)63,43(28,2)18-34(54)44(29,42)48)66-41(65-36)25-6-3-23(4-7-25)13-24-5-8-32(26(14-24)21-52)51-40(60)33(9-10-39(58)59)50-38(57)20-49-37(56)19-46/h3-8,11-12,14-15,28-29,31,33-34,36,41,52,54H,9-10,13,16-22H2,1-2H3,(H,49,56)(H,50,57)(H,51,60)(H,58,59)(H2,61,62,63)/t28-,29-,31-,33-,34-,36+,41+,42-,43-,44-,45+/m0/s1. The smallest absolute Gasteiger partial charge is 0.470 e. The summed E-state index contributed by atoms with van der Waals surface area (Å²) >= 11 is 2.96. The van der Waals surface area contributed by atoms with Gasteiger partial charge < -0.3 is 50.5 Å². The molecule has 3 amide bonds. The summed E-state index contributed by atoms with van der Waals surface area (Å²) in [7, 11) is -5.18. The highest BCUT2D eigenvalue weighted by atomic mass is 79.9. The van der Waals surface area contributed by atoms with E-state index in [2.05, 4.69) is 36.4 Å². The minimum absolute atomic E-state index is 0.0428. The summed E-state index contributed by atoms with van der Waals surface area (Å²) in [6, 6.07) is 10.4. The number of ketones is 2. The van der Waals surface area contributed by atoms with Gasteiger partial charge in [-0.2, -0.15) is 0 Å². The second-order valence-electron chi connectivity index (χ2n) is 18.1. The van der Waals surface area contributed by atoms with Crippen molar-refractivity contribution in [2.24, 2.45) is 22.7 Å². The van der Waals surface area contributed by atoms with E-state index in [1.54, 1.807) is 43.3 Å². The van der Waals surface area contributed by atoms with Crippen molar-refractivity contribution in [1.82, 2.24) is 10.6 Å². The van der Waals surface area contributed by atoms with Crippen LogP contribution in [0.1, 0.15) is 74.5 Å². The molecule has 1 heterocycles. The highest BCUT2D eigenvalue weighted by Gasteiger charge is 2.80. The van der Waals surface area contributed by atoms with Crippen molar-refractivity contribution >= 4 is 64.7 Å². The van der Waals surface area contributed by atoms with Crippen LogP contribution in [0.2, 0.25) is 0 Å². The van der Waals surface area contributed by atoms with E-state index in [0.29, 0.717) is 23.1 Å². The minimum Gasteiger partial charge on any atom is -0.481 e. The van der Waals surface area contributed by atoms with Crippen LogP contribution in [-0.2, 0) is 60.4 Å². The lowest BCUT2D eigenvalue weighted by molar-refractivity contribution is -0.235. The number of hydrogen-bond acceptors (Lipinski definition) is 12. The number of anilines is 1. The molecule has 4 aliphatic carbocycles. The van der Waals surface area contributed by atoms with Crippen molar-refractivity contribution in [3.05, 3.63) is 88.5 Å². The van der Waals surface area contributed by atoms with E-state index in [1.807, 2.05) is 0 Å². The monoisotopic (exact) mass is 1020 g/mol. The zero-order valence-electron chi connectivity index (χ0n) is 36.3. The minimum atomic E-state index is -5.18. The van der Waals surface area contributed by atoms with Gasteiger partial charge in [-0.15, -0.1) is 0 Å². The summed E-state index contributed by atoms with van der Waals surface area (Å²) in [5, 5.41) is 38.6. The summed E-state index contributed by atoms with van der Waals surface area (Å²) < 4.78 is 63.5. The van der Waals surface area contributed by atoms with Crippen molar-refractivity contribution < 1.29 is 81.2 Å². The van der Waals surface area contributed by atoms with Gasteiger partial charge in [0.1, 0.15) is 18.8 Å². The number of phosphoric ester groups is 1. The number of nitrogens with one attached hydrogen (secondary N) is 3. The molecule has 0 radical (unpaired) electrons. The number of hydrogen-bond donors (Lipinski definition) is 8. The number of phosphoric acid groups is 1. The van der Waals surface area contributed by atoms with Crippen molar-refractivity contribution in [3.8, 4) is 0 Å². The summed E-state index contributed by atoms with van der Waals surface area (Å²) in [5.41, 5.74) is -5.36. The van der Waals surface area contributed by atoms with Gasteiger partial charge in [-0.3, -0.25) is 33.3 Å². The van der Waals surface area contributed by atoms with Crippen LogP contribution < -0.4 is 16.0 Å². The number of carboxylic acid groups (broad SMARTS) is 1. The fourth-order valence-corrected chi connectivity index (χ4v) is 11.6. The molecule has 1 aliphatic heterocycles. The second kappa shape index (κ2) is 19.1. The van der Waals surface area contributed by atoms with Gasteiger partial charge in [-0.05, 0) is 79.9 Å². The molecule has 1 saturated heterocycles. The Morgan fingerprint density at radius 1 is 1.03 bits per heavy atom. The summed E-state index contributed by atoms with van der Waals surface area (Å²) in [4.78, 5) is 94.2. The molecule has 3 saturated carbocycles. The Bertz CT molecular complexity index is 2450. The third kappa shape index (κ3) is 9.34. The van der Waals surface area contributed by atoms with Gasteiger partial charge in [0, 0.05) is 40.0 Å². The lowest BCUT2D eigenvalue weighted by atomic mass is 9.44. The summed E-state index contributed by atoms with van der Waals surface area (Å²) in [5.74, 6) is -6.61. The zero-order valence-corrected chi connectivity index (χ0v) is 38.8. The van der Waals surface area contributed by atoms with Gasteiger partial charge in [0.25, 0.3) is 0 Å². The van der Waals surface area contributed by atoms with Crippen molar-refractivity contribution in [2.45, 2.75) is 101 Å².